The van der Waals surface area contributed by atoms with Gasteiger partial charge < -0.3 is 19.5 Å². The number of amides is 1. The van der Waals surface area contributed by atoms with E-state index in [0.717, 1.165) is 12.1 Å². The SMILES string of the molecule is COc1cc(C(=O)NCc2nnc(SCc3ccc(C(F)(F)F)cc3)n2-c2ccc(Cl)c(Cl)c2)cc(OC)c1OC. The summed E-state index contributed by atoms with van der Waals surface area (Å²) in [7, 11) is 4.36. The third-order valence-electron chi connectivity index (χ3n) is 5.84. The van der Waals surface area contributed by atoms with Crippen molar-refractivity contribution in [1.29, 1.82) is 0 Å². The summed E-state index contributed by atoms with van der Waals surface area (Å²) in [6.07, 6.45) is -4.42. The number of rotatable bonds is 10. The highest BCUT2D eigenvalue weighted by molar-refractivity contribution is 7.98. The van der Waals surface area contributed by atoms with Gasteiger partial charge in [-0.1, -0.05) is 47.1 Å². The largest absolute Gasteiger partial charge is 0.493 e. The molecular formula is C27H23Cl2F3N4O4S. The fourth-order valence-corrected chi connectivity index (χ4v) is 5.02. The molecular weight excluding hydrogens is 604 g/mol. The van der Waals surface area contributed by atoms with Gasteiger partial charge in [-0.05, 0) is 48.0 Å². The number of thioether (sulfide) groups is 1. The van der Waals surface area contributed by atoms with Crippen LogP contribution in [0, 0.1) is 0 Å². The first-order valence-corrected chi connectivity index (χ1v) is 13.6. The van der Waals surface area contributed by atoms with Crippen LogP contribution in [0.3, 0.4) is 0 Å². The number of ether oxygens (including phenoxy) is 3. The summed E-state index contributed by atoms with van der Waals surface area (Å²) in [5.41, 5.74) is 0.771. The van der Waals surface area contributed by atoms with E-state index in [4.69, 9.17) is 37.4 Å². The summed E-state index contributed by atoms with van der Waals surface area (Å²) in [4.78, 5) is 13.1. The van der Waals surface area contributed by atoms with E-state index in [-0.39, 0.29) is 12.1 Å². The number of aromatic nitrogens is 3. The van der Waals surface area contributed by atoms with Crippen LogP contribution < -0.4 is 19.5 Å². The average Bonchev–Trinajstić information content (AvgIpc) is 3.37. The molecule has 3 aromatic carbocycles. The molecule has 0 saturated heterocycles. The number of benzene rings is 3. The Morgan fingerprint density at radius 2 is 1.59 bits per heavy atom. The van der Waals surface area contributed by atoms with Gasteiger partial charge in [0.15, 0.2) is 22.5 Å². The van der Waals surface area contributed by atoms with Crippen molar-refractivity contribution in [2.24, 2.45) is 0 Å². The molecule has 0 unspecified atom stereocenters. The topological polar surface area (TPSA) is 87.5 Å². The number of carbonyl (C=O) groups excluding carboxylic acids is 1. The molecule has 0 aliphatic heterocycles. The molecule has 1 N–H and O–H groups in total. The highest BCUT2D eigenvalue weighted by atomic mass is 35.5. The Kier molecular flexibility index (Phi) is 9.57. The van der Waals surface area contributed by atoms with Gasteiger partial charge in [-0.3, -0.25) is 9.36 Å². The van der Waals surface area contributed by atoms with Crippen LogP contribution in [0.2, 0.25) is 10.0 Å². The normalized spacial score (nSPS) is 11.3. The zero-order valence-corrected chi connectivity index (χ0v) is 24.2. The number of carbonyl (C=O) groups is 1. The predicted octanol–water partition coefficient (Wildman–Crippen LogP) is 6.84. The van der Waals surface area contributed by atoms with Crippen LogP contribution in [-0.4, -0.2) is 42.0 Å². The maximum Gasteiger partial charge on any atom is 0.416 e. The van der Waals surface area contributed by atoms with Gasteiger partial charge in [0.05, 0.1) is 49.2 Å². The Bertz CT molecular complexity index is 1520. The second kappa shape index (κ2) is 12.9. The van der Waals surface area contributed by atoms with Gasteiger partial charge >= 0.3 is 6.18 Å². The highest BCUT2D eigenvalue weighted by Gasteiger charge is 2.30. The van der Waals surface area contributed by atoms with E-state index in [1.165, 1.54) is 57.4 Å². The highest BCUT2D eigenvalue weighted by Crippen LogP contribution is 2.38. The van der Waals surface area contributed by atoms with Gasteiger partial charge in [-0.2, -0.15) is 13.2 Å². The first-order valence-electron chi connectivity index (χ1n) is 11.8. The van der Waals surface area contributed by atoms with E-state index in [1.807, 2.05) is 0 Å². The lowest BCUT2D eigenvalue weighted by atomic mass is 10.1. The van der Waals surface area contributed by atoms with Crippen molar-refractivity contribution in [3.8, 4) is 22.9 Å². The summed E-state index contributed by atoms with van der Waals surface area (Å²) >= 11 is 13.6. The fourth-order valence-electron chi connectivity index (χ4n) is 3.80. The smallest absolute Gasteiger partial charge is 0.416 e. The van der Waals surface area contributed by atoms with Gasteiger partial charge in [0.2, 0.25) is 5.75 Å². The lowest BCUT2D eigenvalue weighted by Gasteiger charge is -2.14. The predicted molar refractivity (Wildman–Crippen MR) is 150 cm³/mol. The molecule has 0 spiro atoms. The lowest BCUT2D eigenvalue weighted by molar-refractivity contribution is -0.137. The molecule has 4 aromatic rings. The summed E-state index contributed by atoms with van der Waals surface area (Å²) in [6.45, 7) is -0.0242. The number of alkyl halides is 3. The molecule has 0 bridgehead atoms. The molecule has 14 heteroatoms. The molecule has 1 amide bonds. The number of nitrogens with zero attached hydrogens (tertiary/aromatic N) is 3. The summed E-state index contributed by atoms with van der Waals surface area (Å²) < 4.78 is 56.4. The van der Waals surface area contributed by atoms with E-state index in [9.17, 15) is 18.0 Å². The number of hydrogen-bond acceptors (Lipinski definition) is 7. The van der Waals surface area contributed by atoms with Crippen molar-refractivity contribution in [2.75, 3.05) is 21.3 Å². The Morgan fingerprint density at radius 3 is 2.15 bits per heavy atom. The Hall–Kier alpha value is -3.61. The van der Waals surface area contributed by atoms with Gasteiger partial charge in [-0.15, -0.1) is 10.2 Å². The van der Waals surface area contributed by atoms with Crippen LogP contribution in [0.4, 0.5) is 13.2 Å². The van der Waals surface area contributed by atoms with Crippen LogP contribution in [0.1, 0.15) is 27.3 Å². The molecule has 0 atom stereocenters. The van der Waals surface area contributed by atoms with Crippen LogP contribution in [0.25, 0.3) is 5.69 Å². The van der Waals surface area contributed by atoms with E-state index < -0.39 is 17.6 Å². The molecule has 4 rings (SSSR count). The molecule has 41 heavy (non-hydrogen) atoms. The van der Waals surface area contributed by atoms with Gasteiger partial charge in [0, 0.05) is 11.3 Å². The summed E-state index contributed by atoms with van der Waals surface area (Å²) in [6, 6.07) is 12.9. The molecule has 0 radical (unpaired) electrons. The summed E-state index contributed by atoms with van der Waals surface area (Å²) in [5.74, 6) is 1.23. The number of halogens is 5. The van der Waals surface area contributed by atoms with E-state index in [0.29, 0.717) is 55.3 Å². The molecule has 1 aromatic heterocycles. The molecule has 0 saturated carbocycles. The average molecular weight is 627 g/mol. The zero-order valence-electron chi connectivity index (χ0n) is 21.9. The van der Waals surface area contributed by atoms with Crippen molar-refractivity contribution >= 4 is 40.9 Å². The molecule has 0 aliphatic carbocycles. The van der Waals surface area contributed by atoms with Crippen molar-refractivity contribution in [1.82, 2.24) is 20.1 Å². The minimum Gasteiger partial charge on any atom is -0.493 e. The third-order valence-corrected chi connectivity index (χ3v) is 7.58. The molecule has 8 nitrogen and oxygen atoms in total. The van der Waals surface area contributed by atoms with Crippen LogP contribution in [0.5, 0.6) is 17.2 Å². The number of hydrogen-bond donors (Lipinski definition) is 1. The first-order chi connectivity index (χ1) is 19.5. The van der Waals surface area contributed by atoms with Crippen LogP contribution in [-0.2, 0) is 18.5 Å². The number of methoxy groups -OCH3 is 3. The lowest BCUT2D eigenvalue weighted by Crippen LogP contribution is -2.25. The first kappa shape index (κ1) is 30.4. The summed E-state index contributed by atoms with van der Waals surface area (Å²) in [5, 5.41) is 12.4. The van der Waals surface area contributed by atoms with E-state index in [1.54, 1.807) is 22.8 Å². The van der Waals surface area contributed by atoms with Crippen LogP contribution in [0.15, 0.2) is 59.8 Å². The van der Waals surface area contributed by atoms with E-state index in [2.05, 4.69) is 15.5 Å². The Balaban J connectivity index is 1.59. The molecule has 0 fully saturated rings. The minimum absolute atomic E-state index is 0.0242. The van der Waals surface area contributed by atoms with Crippen molar-refractivity contribution < 1.29 is 32.2 Å². The standard InChI is InChI=1S/C27H23Cl2F3N4O4S/c1-38-21-10-16(11-22(39-2)24(21)40-3)25(37)33-13-23-34-35-26(36(23)18-8-9-19(28)20(29)12-18)41-14-15-4-6-17(7-5-15)27(30,31)32/h4-12H,13-14H2,1-3H3,(H,33,37). The molecule has 216 valence electrons. The van der Waals surface area contributed by atoms with Crippen LogP contribution >= 0.6 is 35.0 Å². The minimum atomic E-state index is -4.42. The van der Waals surface area contributed by atoms with Crippen molar-refractivity contribution in [2.45, 2.75) is 23.6 Å². The molecule has 0 aliphatic rings. The van der Waals surface area contributed by atoms with Crippen molar-refractivity contribution in [3.05, 3.63) is 87.2 Å². The Labute approximate surface area is 247 Å². The maximum absolute atomic E-state index is 13.1. The van der Waals surface area contributed by atoms with Gasteiger partial charge in [-0.25, -0.2) is 0 Å². The second-order valence-corrected chi connectivity index (χ2v) is 10.2. The fraction of sp³-hybridized carbons (Fsp3) is 0.222. The number of nitrogens with one attached hydrogen (secondary N) is 1. The monoisotopic (exact) mass is 626 g/mol. The molecule has 1 heterocycles. The third kappa shape index (κ3) is 7.00. The van der Waals surface area contributed by atoms with Gasteiger partial charge in [0.1, 0.15) is 0 Å². The Morgan fingerprint density at radius 1 is 0.927 bits per heavy atom. The van der Waals surface area contributed by atoms with E-state index >= 15 is 0 Å². The zero-order chi connectivity index (χ0) is 29.7. The van der Waals surface area contributed by atoms with Crippen molar-refractivity contribution in [3.63, 3.8) is 0 Å². The second-order valence-electron chi connectivity index (χ2n) is 8.41. The quantitative estimate of drug-likeness (QED) is 0.193. The maximum atomic E-state index is 13.1. The van der Waals surface area contributed by atoms with Gasteiger partial charge in [0.25, 0.3) is 5.91 Å².